The van der Waals surface area contributed by atoms with Gasteiger partial charge in [-0.1, -0.05) is 0 Å². The van der Waals surface area contributed by atoms with Crippen molar-refractivity contribution in [1.82, 2.24) is 15.2 Å². The molecule has 3 N–H and O–H groups in total. The number of nitrogens with one attached hydrogen (secondary N) is 1. The van der Waals surface area contributed by atoms with Gasteiger partial charge in [-0.05, 0) is 24.1 Å². The first-order chi connectivity index (χ1) is 7.90. The number of piperazine rings is 1. The molecule has 0 aliphatic carbocycles. The fourth-order valence-corrected chi connectivity index (χ4v) is 2.20. The zero-order chi connectivity index (χ0) is 11.2. The van der Waals surface area contributed by atoms with E-state index in [1.165, 1.54) is 5.56 Å². The minimum Gasteiger partial charge on any atom is -0.329 e. The van der Waals surface area contributed by atoms with Crippen LogP contribution in [-0.2, 0) is 6.42 Å². The van der Waals surface area contributed by atoms with Gasteiger partial charge in [0.1, 0.15) is 0 Å². The minimum atomic E-state index is 0.463. The van der Waals surface area contributed by atoms with Crippen LogP contribution < -0.4 is 11.1 Å². The van der Waals surface area contributed by atoms with E-state index in [1.54, 1.807) is 0 Å². The minimum absolute atomic E-state index is 0.463. The van der Waals surface area contributed by atoms with E-state index in [4.69, 9.17) is 5.73 Å². The van der Waals surface area contributed by atoms with Crippen molar-refractivity contribution in [2.45, 2.75) is 12.5 Å². The Balaban J connectivity index is 1.94. The molecule has 16 heavy (non-hydrogen) atoms. The third kappa shape index (κ3) is 3.01. The number of hydrogen-bond acceptors (Lipinski definition) is 4. The van der Waals surface area contributed by atoms with Crippen LogP contribution in [0.1, 0.15) is 5.56 Å². The van der Waals surface area contributed by atoms with Crippen LogP contribution in [0.15, 0.2) is 24.5 Å². The fourth-order valence-electron chi connectivity index (χ4n) is 2.20. The second-order valence-electron chi connectivity index (χ2n) is 4.24. The molecule has 0 saturated carbocycles. The van der Waals surface area contributed by atoms with Gasteiger partial charge in [0.15, 0.2) is 0 Å². The summed E-state index contributed by atoms with van der Waals surface area (Å²) in [5.41, 5.74) is 7.20. The summed E-state index contributed by atoms with van der Waals surface area (Å²) in [6.45, 7) is 5.09. The first kappa shape index (κ1) is 11.5. The predicted molar refractivity (Wildman–Crippen MR) is 65.2 cm³/mol. The van der Waals surface area contributed by atoms with E-state index in [-0.39, 0.29) is 0 Å². The van der Waals surface area contributed by atoms with Crippen molar-refractivity contribution in [2.75, 3.05) is 32.7 Å². The van der Waals surface area contributed by atoms with E-state index in [2.05, 4.69) is 27.3 Å². The van der Waals surface area contributed by atoms with Gasteiger partial charge in [0.2, 0.25) is 0 Å². The van der Waals surface area contributed by atoms with E-state index in [0.717, 1.165) is 39.1 Å². The molecule has 1 aromatic heterocycles. The van der Waals surface area contributed by atoms with Crippen LogP contribution in [0.3, 0.4) is 0 Å². The second kappa shape index (κ2) is 5.94. The smallest absolute Gasteiger partial charge is 0.0270 e. The van der Waals surface area contributed by atoms with Gasteiger partial charge in [-0.15, -0.1) is 0 Å². The summed E-state index contributed by atoms with van der Waals surface area (Å²) < 4.78 is 0. The predicted octanol–water partition coefficient (Wildman–Crippen LogP) is -0.143. The molecule has 88 valence electrons. The molecule has 4 heteroatoms. The number of hydrogen-bond donors (Lipinski definition) is 2. The summed E-state index contributed by atoms with van der Waals surface area (Å²) in [5.74, 6) is 0. The maximum absolute atomic E-state index is 5.87. The van der Waals surface area contributed by atoms with Gasteiger partial charge in [0.25, 0.3) is 0 Å². The lowest BCUT2D eigenvalue weighted by atomic mass is 10.1. The summed E-state index contributed by atoms with van der Waals surface area (Å²) in [6, 6.07) is 4.61. The van der Waals surface area contributed by atoms with Crippen molar-refractivity contribution < 1.29 is 0 Å². The zero-order valence-electron chi connectivity index (χ0n) is 9.60. The molecule has 0 amide bonds. The number of rotatable bonds is 4. The molecular formula is C12H20N4. The van der Waals surface area contributed by atoms with Crippen LogP contribution in [0.5, 0.6) is 0 Å². The van der Waals surface area contributed by atoms with Gasteiger partial charge in [-0.3, -0.25) is 9.88 Å². The Morgan fingerprint density at radius 1 is 1.31 bits per heavy atom. The first-order valence-corrected chi connectivity index (χ1v) is 5.94. The van der Waals surface area contributed by atoms with Crippen LogP contribution in [-0.4, -0.2) is 48.6 Å². The number of nitrogens with two attached hydrogens (primary N) is 1. The van der Waals surface area contributed by atoms with Gasteiger partial charge in [0, 0.05) is 51.2 Å². The molecule has 1 saturated heterocycles. The molecule has 2 rings (SSSR count). The van der Waals surface area contributed by atoms with Crippen LogP contribution >= 0.6 is 0 Å². The standard InChI is InChI=1S/C12H20N4/c13-10-12(16-7-5-15-6-8-16)9-11-1-3-14-4-2-11/h1-4,12,15H,5-10,13H2. The summed E-state index contributed by atoms with van der Waals surface area (Å²) >= 11 is 0. The van der Waals surface area contributed by atoms with Gasteiger partial charge >= 0.3 is 0 Å². The van der Waals surface area contributed by atoms with Crippen LogP contribution in [0.2, 0.25) is 0 Å². The Bertz CT molecular complexity index is 295. The van der Waals surface area contributed by atoms with Crippen LogP contribution in [0.25, 0.3) is 0 Å². The maximum Gasteiger partial charge on any atom is 0.0270 e. The van der Waals surface area contributed by atoms with Crippen LogP contribution in [0.4, 0.5) is 0 Å². The molecule has 0 bridgehead atoms. The monoisotopic (exact) mass is 220 g/mol. The van der Waals surface area contributed by atoms with Gasteiger partial charge in [-0.25, -0.2) is 0 Å². The topological polar surface area (TPSA) is 54.2 Å². The Kier molecular flexibility index (Phi) is 4.27. The lowest BCUT2D eigenvalue weighted by molar-refractivity contribution is 0.176. The maximum atomic E-state index is 5.87. The van der Waals surface area contributed by atoms with E-state index in [0.29, 0.717) is 6.04 Å². The fraction of sp³-hybridized carbons (Fsp3) is 0.583. The summed E-state index contributed by atoms with van der Waals surface area (Å²) in [5, 5.41) is 3.37. The van der Waals surface area contributed by atoms with Crippen molar-refractivity contribution in [3.8, 4) is 0 Å². The van der Waals surface area contributed by atoms with Crippen molar-refractivity contribution in [3.05, 3.63) is 30.1 Å². The largest absolute Gasteiger partial charge is 0.329 e. The summed E-state index contributed by atoms with van der Waals surface area (Å²) in [7, 11) is 0. The molecule has 0 aromatic carbocycles. The molecule has 1 unspecified atom stereocenters. The summed E-state index contributed by atoms with van der Waals surface area (Å²) in [4.78, 5) is 6.52. The van der Waals surface area contributed by atoms with E-state index in [1.807, 2.05) is 12.4 Å². The molecule has 0 spiro atoms. The number of pyridine rings is 1. The first-order valence-electron chi connectivity index (χ1n) is 5.94. The average molecular weight is 220 g/mol. The average Bonchev–Trinajstić information content (AvgIpc) is 2.38. The highest BCUT2D eigenvalue weighted by Crippen LogP contribution is 2.08. The molecule has 1 atom stereocenters. The molecule has 4 nitrogen and oxygen atoms in total. The van der Waals surface area contributed by atoms with E-state index < -0.39 is 0 Å². The van der Waals surface area contributed by atoms with Crippen molar-refractivity contribution in [3.63, 3.8) is 0 Å². The normalized spacial score (nSPS) is 19.6. The van der Waals surface area contributed by atoms with Crippen LogP contribution in [0, 0.1) is 0 Å². The van der Waals surface area contributed by atoms with Crippen molar-refractivity contribution in [2.24, 2.45) is 5.73 Å². The third-order valence-corrected chi connectivity index (χ3v) is 3.16. The SMILES string of the molecule is NCC(Cc1ccncc1)N1CCNCC1. The molecule has 1 aliphatic heterocycles. The lowest BCUT2D eigenvalue weighted by Crippen LogP contribution is -2.51. The lowest BCUT2D eigenvalue weighted by Gasteiger charge is -2.34. The Morgan fingerprint density at radius 3 is 2.62 bits per heavy atom. The Hall–Kier alpha value is -0.970. The van der Waals surface area contributed by atoms with E-state index >= 15 is 0 Å². The van der Waals surface area contributed by atoms with Gasteiger partial charge in [0.05, 0.1) is 0 Å². The summed E-state index contributed by atoms with van der Waals surface area (Å²) in [6.07, 6.45) is 4.72. The van der Waals surface area contributed by atoms with E-state index in [9.17, 15) is 0 Å². The second-order valence-corrected chi connectivity index (χ2v) is 4.24. The molecule has 1 aromatic rings. The Labute approximate surface area is 96.8 Å². The molecule has 2 heterocycles. The zero-order valence-corrected chi connectivity index (χ0v) is 9.60. The number of aromatic nitrogens is 1. The molecule has 1 fully saturated rings. The quantitative estimate of drug-likeness (QED) is 0.741. The van der Waals surface area contributed by atoms with Crippen molar-refractivity contribution in [1.29, 1.82) is 0 Å². The number of nitrogens with zero attached hydrogens (tertiary/aromatic N) is 2. The van der Waals surface area contributed by atoms with Gasteiger partial charge in [-0.2, -0.15) is 0 Å². The third-order valence-electron chi connectivity index (χ3n) is 3.16. The Morgan fingerprint density at radius 2 is 2.00 bits per heavy atom. The van der Waals surface area contributed by atoms with Crippen molar-refractivity contribution >= 4 is 0 Å². The molecule has 0 radical (unpaired) electrons. The molecular weight excluding hydrogens is 200 g/mol. The highest BCUT2D eigenvalue weighted by molar-refractivity contribution is 5.11. The molecule has 1 aliphatic rings. The highest BCUT2D eigenvalue weighted by Gasteiger charge is 2.19. The highest BCUT2D eigenvalue weighted by atomic mass is 15.2. The van der Waals surface area contributed by atoms with Gasteiger partial charge < -0.3 is 11.1 Å².